The second-order valence-electron chi connectivity index (χ2n) is 2.67. The molecule has 78 valence electrons. The quantitative estimate of drug-likeness (QED) is 0.731. The lowest BCUT2D eigenvalue weighted by atomic mass is 10.4. The number of rotatable bonds is 5. The van der Waals surface area contributed by atoms with E-state index < -0.39 is 0 Å². The first-order chi connectivity index (χ1) is 6.76. The minimum atomic E-state index is 0.478. The van der Waals surface area contributed by atoms with Crippen molar-refractivity contribution in [3.05, 3.63) is 22.7 Å². The highest BCUT2D eigenvalue weighted by molar-refractivity contribution is 7.98. The number of halogens is 1. The fourth-order valence-corrected chi connectivity index (χ4v) is 1.74. The second-order valence-corrected chi connectivity index (χ2v) is 4.33. The smallest absolute Gasteiger partial charge is 0.140 e. The highest BCUT2D eigenvalue weighted by atomic mass is 35.5. The number of hydrogen-bond acceptors (Lipinski definition) is 4. The monoisotopic (exact) mass is 232 g/mol. The highest BCUT2D eigenvalue weighted by Crippen LogP contribution is 2.12. The molecule has 0 bridgehead atoms. The van der Waals surface area contributed by atoms with E-state index in [4.69, 9.17) is 16.3 Å². The molecule has 0 aliphatic carbocycles. The van der Waals surface area contributed by atoms with Gasteiger partial charge in [-0.15, -0.1) is 0 Å². The van der Waals surface area contributed by atoms with Gasteiger partial charge in [0.15, 0.2) is 0 Å². The summed E-state index contributed by atoms with van der Waals surface area (Å²) in [6, 6.07) is 1.73. The van der Waals surface area contributed by atoms with Crippen LogP contribution in [0.5, 0.6) is 0 Å². The summed E-state index contributed by atoms with van der Waals surface area (Å²) < 4.78 is 4.99. The van der Waals surface area contributed by atoms with Crippen LogP contribution >= 0.6 is 23.4 Å². The van der Waals surface area contributed by atoms with Crippen molar-refractivity contribution in [1.82, 2.24) is 9.97 Å². The average molecular weight is 233 g/mol. The molecular weight excluding hydrogens is 220 g/mol. The lowest BCUT2D eigenvalue weighted by Crippen LogP contribution is -1.99. The van der Waals surface area contributed by atoms with Crippen molar-refractivity contribution >= 4 is 23.4 Å². The van der Waals surface area contributed by atoms with Crippen molar-refractivity contribution in [2.75, 3.05) is 12.9 Å². The Labute approximate surface area is 93.2 Å². The van der Waals surface area contributed by atoms with Gasteiger partial charge in [0.05, 0.1) is 18.1 Å². The molecule has 5 heteroatoms. The van der Waals surface area contributed by atoms with E-state index >= 15 is 0 Å². The summed E-state index contributed by atoms with van der Waals surface area (Å²) in [7, 11) is 1.64. The third kappa shape index (κ3) is 3.82. The van der Waals surface area contributed by atoms with Gasteiger partial charge >= 0.3 is 0 Å². The van der Waals surface area contributed by atoms with E-state index in [2.05, 4.69) is 16.9 Å². The standard InChI is InChI=1S/C9H13ClN2OS/c1-3-14-6-9-11-7(5-13-2)4-8(10)12-9/h4H,3,5-6H2,1-2H3. The zero-order valence-corrected chi connectivity index (χ0v) is 9.86. The van der Waals surface area contributed by atoms with Crippen LogP contribution < -0.4 is 0 Å². The lowest BCUT2D eigenvalue weighted by molar-refractivity contribution is 0.181. The van der Waals surface area contributed by atoms with E-state index in [0.29, 0.717) is 11.8 Å². The number of aromatic nitrogens is 2. The molecule has 0 unspecified atom stereocenters. The summed E-state index contributed by atoms with van der Waals surface area (Å²) in [4.78, 5) is 8.45. The van der Waals surface area contributed by atoms with E-state index in [1.165, 1.54) is 0 Å². The maximum absolute atomic E-state index is 5.85. The van der Waals surface area contributed by atoms with Crippen molar-refractivity contribution in [1.29, 1.82) is 0 Å². The minimum absolute atomic E-state index is 0.478. The number of nitrogens with zero attached hydrogens (tertiary/aromatic N) is 2. The van der Waals surface area contributed by atoms with Crippen LogP contribution in [-0.4, -0.2) is 22.8 Å². The molecule has 0 saturated heterocycles. The van der Waals surface area contributed by atoms with E-state index in [0.717, 1.165) is 23.0 Å². The maximum atomic E-state index is 5.85. The zero-order chi connectivity index (χ0) is 10.4. The van der Waals surface area contributed by atoms with Gasteiger partial charge in [0, 0.05) is 7.11 Å². The van der Waals surface area contributed by atoms with Gasteiger partial charge in [-0.1, -0.05) is 18.5 Å². The molecule has 0 amide bonds. The van der Waals surface area contributed by atoms with Gasteiger partial charge in [0.2, 0.25) is 0 Å². The van der Waals surface area contributed by atoms with Crippen molar-refractivity contribution in [2.45, 2.75) is 19.3 Å². The first kappa shape index (κ1) is 11.8. The van der Waals surface area contributed by atoms with E-state index in [-0.39, 0.29) is 0 Å². The van der Waals surface area contributed by atoms with Gasteiger partial charge in [0.1, 0.15) is 11.0 Å². The van der Waals surface area contributed by atoms with Crippen molar-refractivity contribution in [3.63, 3.8) is 0 Å². The van der Waals surface area contributed by atoms with Crippen LogP contribution in [0.4, 0.5) is 0 Å². The predicted octanol–water partition coefficient (Wildman–Crippen LogP) is 2.53. The third-order valence-corrected chi connectivity index (χ3v) is 2.59. The van der Waals surface area contributed by atoms with Crippen LogP contribution in [0.25, 0.3) is 0 Å². The molecule has 1 rings (SSSR count). The molecule has 14 heavy (non-hydrogen) atoms. The predicted molar refractivity (Wildman–Crippen MR) is 59.6 cm³/mol. The minimum Gasteiger partial charge on any atom is -0.378 e. The summed E-state index contributed by atoms with van der Waals surface area (Å²) in [6.45, 7) is 2.58. The normalized spacial score (nSPS) is 10.5. The lowest BCUT2D eigenvalue weighted by Gasteiger charge is -2.03. The molecule has 0 aliphatic heterocycles. The number of thioether (sulfide) groups is 1. The fraction of sp³-hybridized carbons (Fsp3) is 0.556. The third-order valence-electron chi connectivity index (χ3n) is 1.52. The van der Waals surface area contributed by atoms with Crippen LogP contribution in [-0.2, 0) is 17.1 Å². The highest BCUT2D eigenvalue weighted by Gasteiger charge is 2.02. The van der Waals surface area contributed by atoms with Crippen molar-refractivity contribution < 1.29 is 4.74 Å². The zero-order valence-electron chi connectivity index (χ0n) is 8.29. The van der Waals surface area contributed by atoms with Crippen LogP contribution in [0.2, 0.25) is 5.15 Å². The Kier molecular flexibility index (Phi) is 5.22. The van der Waals surface area contributed by atoms with Crippen LogP contribution in [0.15, 0.2) is 6.07 Å². The van der Waals surface area contributed by atoms with E-state index in [1.54, 1.807) is 24.9 Å². The molecule has 0 fully saturated rings. The van der Waals surface area contributed by atoms with Gasteiger partial charge in [-0.2, -0.15) is 11.8 Å². The Morgan fingerprint density at radius 3 is 2.93 bits per heavy atom. The van der Waals surface area contributed by atoms with Crippen molar-refractivity contribution in [2.24, 2.45) is 0 Å². The molecule has 1 heterocycles. The topological polar surface area (TPSA) is 35.0 Å². The Bertz CT molecular complexity index is 296. The van der Waals surface area contributed by atoms with Gasteiger partial charge in [-0.3, -0.25) is 0 Å². The first-order valence-corrected chi connectivity index (χ1v) is 5.88. The summed E-state index contributed by atoms with van der Waals surface area (Å²) >= 11 is 7.62. The fourth-order valence-electron chi connectivity index (χ4n) is 0.996. The molecule has 0 atom stereocenters. The Morgan fingerprint density at radius 1 is 1.50 bits per heavy atom. The molecule has 0 radical (unpaired) electrons. The molecular formula is C9H13ClN2OS. The number of methoxy groups -OCH3 is 1. The molecule has 0 aliphatic rings. The summed E-state index contributed by atoms with van der Waals surface area (Å²) in [5.74, 6) is 2.62. The Morgan fingerprint density at radius 2 is 2.29 bits per heavy atom. The summed E-state index contributed by atoms with van der Waals surface area (Å²) in [5, 5.41) is 0.485. The number of hydrogen-bond donors (Lipinski definition) is 0. The molecule has 1 aromatic heterocycles. The van der Waals surface area contributed by atoms with E-state index in [9.17, 15) is 0 Å². The largest absolute Gasteiger partial charge is 0.378 e. The first-order valence-electron chi connectivity index (χ1n) is 4.35. The second kappa shape index (κ2) is 6.22. The summed E-state index contributed by atoms with van der Waals surface area (Å²) in [5.41, 5.74) is 0.833. The Balaban J connectivity index is 2.73. The average Bonchev–Trinajstić information content (AvgIpc) is 2.14. The van der Waals surface area contributed by atoms with Crippen LogP contribution in [0.1, 0.15) is 18.4 Å². The number of ether oxygens (including phenoxy) is 1. The molecule has 1 aromatic rings. The molecule has 0 saturated carbocycles. The van der Waals surface area contributed by atoms with Crippen molar-refractivity contribution in [3.8, 4) is 0 Å². The SMILES string of the molecule is CCSCc1nc(Cl)cc(COC)n1. The molecule has 0 spiro atoms. The van der Waals surface area contributed by atoms with E-state index in [1.807, 2.05) is 0 Å². The van der Waals surface area contributed by atoms with Gasteiger partial charge in [0.25, 0.3) is 0 Å². The molecule has 3 nitrogen and oxygen atoms in total. The Hall–Kier alpha value is -0.320. The van der Waals surface area contributed by atoms with Gasteiger partial charge < -0.3 is 4.74 Å². The van der Waals surface area contributed by atoms with Crippen LogP contribution in [0.3, 0.4) is 0 Å². The molecule has 0 aromatic carbocycles. The summed E-state index contributed by atoms with van der Waals surface area (Å²) in [6.07, 6.45) is 0. The maximum Gasteiger partial charge on any atom is 0.140 e. The van der Waals surface area contributed by atoms with Gasteiger partial charge in [-0.25, -0.2) is 9.97 Å². The van der Waals surface area contributed by atoms with Crippen LogP contribution in [0, 0.1) is 0 Å². The van der Waals surface area contributed by atoms with Gasteiger partial charge in [-0.05, 0) is 11.8 Å². The molecule has 0 N–H and O–H groups in total.